The van der Waals surface area contributed by atoms with Gasteiger partial charge in [-0.3, -0.25) is 4.79 Å². The van der Waals surface area contributed by atoms with E-state index in [-0.39, 0.29) is 17.1 Å². The zero-order chi connectivity index (χ0) is 23.3. The van der Waals surface area contributed by atoms with Gasteiger partial charge >= 0.3 is 5.97 Å². The average Bonchev–Trinajstić information content (AvgIpc) is 3.06. The molecular formula is C24H21FN4O3. The van der Waals surface area contributed by atoms with Crippen molar-refractivity contribution >= 4 is 18.1 Å². The minimum absolute atomic E-state index is 0.130. The maximum Gasteiger partial charge on any atom is 0.338 e. The summed E-state index contributed by atoms with van der Waals surface area (Å²) in [6.07, 6.45) is 1.48. The Morgan fingerprint density at radius 3 is 2.53 bits per heavy atom. The Balaban J connectivity index is 1.76. The lowest BCUT2D eigenvalue weighted by Gasteiger charge is -2.10. The Bertz CT molecular complexity index is 1240. The van der Waals surface area contributed by atoms with Crippen molar-refractivity contribution in [3.8, 4) is 11.8 Å². The summed E-state index contributed by atoms with van der Waals surface area (Å²) < 4.78 is 21.0. The van der Waals surface area contributed by atoms with Gasteiger partial charge in [0, 0.05) is 22.6 Å². The number of nitriles is 1. The van der Waals surface area contributed by atoms with Gasteiger partial charge in [0.1, 0.15) is 5.82 Å². The summed E-state index contributed by atoms with van der Waals surface area (Å²) in [7, 11) is 0. The molecule has 0 saturated heterocycles. The van der Waals surface area contributed by atoms with Crippen molar-refractivity contribution in [1.82, 2.24) is 9.99 Å². The van der Waals surface area contributed by atoms with Crippen LogP contribution in [-0.2, 0) is 4.74 Å². The van der Waals surface area contributed by atoms with Crippen molar-refractivity contribution < 1.29 is 18.7 Å². The highest BCUT2D eigenvalue weighted by molar-refractivity contribution is 5.95. The van der Waals surface area contributed by atoms with Gasteiger partial charge in [0.05, 0.1) is 35.6 Å². The average molecular weight is 432 g/mol. The number of rotatable bonds is 6. The van der Waals surface area contributed by atoms with Crippen LogP contribution in [0.5, 0.6) is 0 Å². The first-order chi connectivity index (χ1) is 15.3. The second-order valence-electron chi connectivity index (χ2n) is 6.93. The maximum atomic E-state index is 14.0. The first-order valence-electron chi connectivity index (χ1n) is 9.85. The fourth-order valence-electron chi connectivity index (χ4n) is 3.27. The smallest absolute Gasteiger partial charge is 0.338 e. The number of aromatic nitrogens is 1. The van der Waals surface area contributed by atoms with E-state index in [1.807, 2.05) is 42.7 Å². The van der Waals surface area contributed by atoms with E-state index in [4.69, 9.17) is 10.00 Å². The molecule has 3 rings (SSSR count). The van der Waals surface area contributed by atoms with Gasteiger partial charge in [-0.05, 0) is 69.3 Å². The number of carbonyl (C=O) groups excluding carboxylic acids is 2. The summed E-state index contributed by atoms with van der Waals surface area (Å²) in [4.78, 5) is 24.0. The molecule has 0 spiro atoms. The number of hydrazone groups is 1. The minimum atomic E-state index is -0.791. The molecule has 0 aliphatic heterocycles. The van der Waals surface area contributed by atoms with Crippen molar-refractivity contribution in [2.24, 2.45) is 5.10 Å². The fourth-order valence-corrected chi connectivity index (χ4v) is 3.27. The zero-order valence-electron chi connectivity index (χ0n) is 17.8. The largest absolute Gasteiger partial charge is 0.462 e. The molecule has 0 aliphatic carbocycles. The lowest BCUT2D eigenvalue weighted by molar-refractivity contribution is 0.0526. The lowest BCUT2D eigenvalue weighted by Crippen LogP contribution is -2.19. The summed E-state index contributed by atoms with van der Waals surface area (Å²) in [5, 5.41) is 12.7. The Morgan fingerprint density at radius 2 is 1.91 bits per heavy atom. The normalized spacial score (nSPS) is 10.7. The van der Waals surface area contributed by atoms with Crippen molar-refractivity contribution in [3.05, 3.63) is 88.0 Å². The van der Waals surface area contributed by atoms with Crippen LogP contribution in [0.25, 0.3) is 5.69 Å². The molecule has 2 aromatic carbocycles. The third kappa shape index (κ3) is 4.73. The number of nitrogens with one attached hydrogen (secondary N) is 1. The number of carbonyl (C=O) groups is 2. The Kier molecular flexibility index (Phi) is 6.80. The SMILES string of the molecule is CCOC(=O)c1ccc(-n2c(C)cc(/C=N\NC(=O)c3ccc(C#N)cc3F)c2C)cc1. The summed E-state index contributed by atoms with van der Waals surface area (Å²) in [5.41, 5.74) is 6.12. The van der Waals surface area contributed by atoms with E-state index in [1.54, 1.807) is 19.1 Å². The fraction of sp³-hybridized carbons (Fsp3) is 0.167. The molecule has 1 aromatic heterocycles. The third-order valence-electron chi connectivity index (χ3n) is 4.82. The van der Waals surface area contributed by atoms with E-state index in [9.17, 15) is 14.0 Å². The number of benzene rings is 2. The first-order valence-corrected chi connectivity index (χ1v) is 9.85. The molecule has 7 nitrogen and oxygen atoms in total. The standard InChI is InChI=1S/C24H21FN4O3/c1-4-32-24(31)18-6-8-20(9-7-18)29-15(2)11-19(16(29)3)14-27-28-23(30)21-10-5-17(13-26)12-22(21)25/h5-12,14H,4H2,1-3H3,(H,28,30)/b27-14-. The third-order valence-corrected chi connectivity index (χ3v) is 4.82. The Labute approximate surface area is 184 Å². The van der Waals surface area contributed by atoms with Crippen LogP contribution in [0.3, 0.4) is 0 Å². The first kappa shape index (κ1) is 22.4. The molecule has 0 atom stereocenters. The zero-order valence-corrected chi connectivity index (χ0v) is 17.8. The monoisotopic (exact) mass is 432 g/mol. The van der Waals surface area contributed by atoms with Gasteiger partial charge in [-0.2, -0.15) is 10.4 Å². The molecule has 162 valence electrons. The molecule has 1 heterocycles. The lowest BCUT2D eigenvalue weighted by atomic mass is 10.1. The number of esters is 1. The van der Waals surface area contributed by atoms with Crippen LogP contribution >= 0.6 is 0 Å². The van der Waals surface area contributed by atoms with Crippen LogP contribution in [0.1, 0.15) is 50.2 Å². The van der Waals surface area contributed by atoms with Crippen LogP contribution in [0.15, 0.2) is 53.6 Å². The van der Waals surface area contributed by atoms with E-state index in [2.05, 4.69) is 10.5 Å². The molecule has 0 unspecified atom stereocenters. The number of halogens is 1. The highest BCUT2D eigenvalue weighted by Gasteiger charge is 2.13. The number of aryl methyl sites for hydroxylation is 1. The van der Waals surface area contributed by atoms with Crippen LogP contribution < -0.4 is 5.43 Å². The molecule has 32 heavy (non-hydrogen) atoms. The van der Waals surface area contributed by atoms with E-state index < -0.39 is 11.7 Å². The maximum absolute atomic E-state index is 14.0. The van der Waals surface area contributed by atoms with Crippen LogP contribution in [-0.4, -0.2) is 29.3 Å². The molecule has 0 saturated carbocycles. The van der Waals surface area contributed by atoms with E-state index in [0.29, 0.717) is 12.2 Å². The molecule has 1 amide bonds. The summed E-state index contributed by atoms with van der Waals surface area (Å²) in [6, 6.07) is 14.4. The highest BCUT2D eigenvalue weighted by Crippen LogP contribution is 2.20. The van der Waals surface area contributed by atoms with Crippen molar-refractivity contribution in [2.75, 3.05) is 6.61 Å². The molecule has 1 N–H and O–H groups in total. The minimum Gasteiger partial charge on any atom is -0.462 e. The quantitative estimate of drug-likeness (QED) is 0.361. The van der Waals surface area contributed by atoms with Gasteiger partial charge in [-0.15, -0.1) is 0 Å². The number of nitrogens with zero attached hydrogens (tertiary/aromatic N) is 3. The van der Waals surface area contributed by atoms with Gasteiger partial charge in [0.25, 0.3) is 5.91 Å². The van der Waals surface area contributed by atoms with Crippen LogP contribution in [0, 0.1) is 31.0 Å². The summed E-state index contributed by atoms with van der Waals surface area (Å²) >= 11 is 0. The summed E-state index contributed by atoms with van der Waals surface area (Å²) in [6.45, 7) is 5.89. The second-order valence-corrected chi connectivity index (χ2v) is 6.93. The molecule has 0 bridgehead atoms. The molecule has 8 heteroatoms. The van der Waals surface area contributed by atoms with E-state index >= 15 is 0 Å². The van der Waals surface area contributed by atoms with Gasteiger partial charge in [-0.25, -0.2) is 14.6 Å². The van der Waals surface area contributed by atoms with Crippen molar-refractivity contribution in [2.45, 2.75) is 20.8 Å². The Hall–Kier alpha value is -4.25. The molecule has 0 fully saturated rings. The summed E-state index contributed by atoms with van der Waals surface area (Å²) in [5.74, 6) is -1.88. The predicted molar refractivity (Wildman–Crippen MR) is 117 cm³/mol. The van der Waals surface area contributed by atoms with Gasteiger partial charge in [0.2, 0.25) is 0 Å². The van der Waals surface area contributed by atoms with Crippen LogP contribution in [0.2, 0.25) is 0 Å². The van der Waals surface area contributed by atoms with Crippen molar-refractivity contribution in [3.63, 3.8) is 0 Å². The van der Waals surface area contributed by atoms with E-state index in [1.165, 1.54) is 18.3 Å². The van der Waals surface area contributed by atoms with E-state index in [0.717, 1.165) is 28.7 Å². The number of hydrogen-bond donors (Lipinski definition) is 1. The molecule has 0 radical (unpaired) electrons. The molecular weight excluding hydrogens is 411 g/mol. The number of amides is 1. The Morgan fingerprint density at radius 1 is 1.19 bits per heavy atom. The number of ether oxygens (including phenoxy) is 1. The van der Waals surface area contributed by atoms with Gasteiger partial charge in [0.15, 0.2) is 0 Å². The van der Waals surface area contributed by atoms with Crippen LogP contribution in [0.4, 0.5) is 4.39 Å². The predicted octanol–water partition coefficient (Wildman–Crippen LogP) is 4.05. The highest BCUT2D eigenvalue weighted by atomic mass is 19.1. The number of hydrogen-bond acceptors (Lipinski definition) is 5. The molecule has 0 aliphatic rings. The van der Waals surface area contributed by atoms with Gasteiger partial charge < -0.3 is 9.30 Å². The van der Waals surface area contributed by atoms with Crippen molar-refractivity contribution in [1.29, 1.82) is 5.26 Å². The second kappa shape index (κ2) is 9.71. The molecule has 3 aromatic rings. The van der Waals surface area contributed by atoms with Gasteiger partial charge in [-0.1, -0.05) is 0 Å². The topological polar surface area (TPSA) is 96.5 Å².